The molecule has 0 aliphatic carbocycles. The minimum Gasteiger partial charge on any atom is -0.378 e. The van der Waals surface area contributed by atoms with Crippen LogP contribution in [-0.2, 0) is 16.1 Å². The Hall–Kier alpha value is -3.10. The summed E-state index contributed by atoms with van der Waals surface area (Å²) < 4.78 is 7.64. The first-order valence-electron chi connectivity index (χ1n) is 11.7. The van der Waals surface area contributed by atoms with Crippen molar-refractivity contribution in [3.8, 4) is 0 Å². The van der Waals surface area contributed by atoms with Gasteiger partial charge >= 0.3 is 0 Å². The third-order valence-corrected chi connectivity index (χ3v) is 7.16. The summed E-state index contributed by atoms with van der Waals surface area (Å²) >= 11 is 1.47. The number of rotatable bonds is 7. The van der Waals surface area contributed by atoms with Crippen LogP contribution in [-0.4, -0.2) is 70.7 Å². The zero-order valence-corrected chi connectivity index (χ0v) is 20.0. The molecule has 2 aliphatic rings. The number of ether oxygens (including phenoxy) is 1. The van der Waals surface area contributed by atoms with E-state index in [1.807, 2.05) is 29.2 Å². The number of morpholine rings is 1. The van der Waals surface area contributed by atoms with Gasteiger partial charge in [-0.2, -0.15) is 0 Å². The lowest BCUT2D eigenvalue weighted by Gasteiger charge is -2.28. The lowest BCUT2D eigenvalue weighted by Crippen LogP contribution is -2.38. The number of carbonyl (C=O) groups excluding carboxylic acids is 1. The van der Waals surface area contributed by atoms with Crippen LogP contribution < -0.4 is 4.90 Å². The van der Waals surface area contributed by atoms with Gasteiger partial charge in [-0.15, -0.1) is 10.2 Å². The molecular weight excluding hydrogens is 446 g/mol. The molecule has 0 radical (unpaired) electrons. The molecule has 5 rings (SSSR count). The first kappa shape index (κ1) is 22.7. The minimum absolute atomic E-state index is 0.135. The zero-order valence-electron chi connectivity index (χ0n) is 19.2. The number of anilines is 1. The summed E-state index contributed by atoms with van der Waals surface area (Å²) in [6.45, 7) is 5.03. The summed E-state index contributed by atoms with van der Waals surface area (Å²) in [4.78, 5) is 17.1. The van der Waals surface area contributed by atoms with E-state index < -0.39 is 0 Å². The van der Waals surface area contributed by atoms with Crippen molar-refractivity contribution in [1.29, 1.82) is 0 Å². The number of hydrogen-bond acceptors (Lipinski definition) is 6. The molecule has 34 heavy (non-hydrogen) atoms. The molecule has 7 nitrogen and oxygen atoms in total. The molecule has 0 saturated carbocycles. The van der Waals surface area contributed by atoms with Gasteiger partial charge in [0.05, 0.1) is 25.5 Å². The Morgan fingerprint density at radius 2 is 1.68 bits per heavy atom. The van der Waals surface area contributed by atoms with E-state index in [0.29, 0.717) is 32.1 Å². The molecule has 2 aliphatic heterocycles. The molecule has 0 spiro atoms. The first-order chi connectivity index (χ1) is 16.8. The second-order valence-corrected chi connectivity index (χ2v) is 9.37. The Balaban J connectivity index is 1.26. The Labute approximate surface area is 204 Å². The molecule has 176 valence electrons. The second-order valence-electron chi connectivity index (χ2n) is 8.43. The van der Waals surface area contributed by atoms with E-state index in [1.165, 1.54) is 28.5 Å². The summed E-state index contributed by atoms with van der Waals surface area (Å²) in [7, 11) is 0. The van der Waals surface area contributed by atoms with Crippen molar-refractivity contribution < 1.29 is 9.53 Å². The maximum atomic E-state index is 13.0. The molecule has 1 fully saturated rings. The Morgan fingerprint density at radius 3 is 2.38 bits per heavy atom. The Morgan fingerprint density at radius 1 is 0.941 bits per heavy atom. The minimum atomic E-state index is 0.135. The molecule has 1 saturated heterocycles. The van der Waals surface area contributed by atoms with Gasteiger partial charge in [0.2, 0.25) is 11.9 Å². The van der Waals surface area contributed by atoms with Crippen LogP contribution in [0, 0.1) is 0 Å². The number of amides is 1. The van der Waals surface area contributed by atoms with Gasteiger partial charge in [-0.1, -0.05) is 78.5 Å². The summed E-state index contributed by atoms with van der Waals surface area (Å²) in [5.41, 5.74) is 3.74. The largest absolute Gasteiger partial charge is 0.378 e. The standard InChI is InChI=1S/C26H29N5O2S/c32-24(29-13-11-23(12-14-29)22-9-5-2-6-10-22)20-34-26-28-27-25(30-15-17-33-18-16-30)31(26)19-21-7-3-1-4-8-21/h1-11H,12-20H2. The van der Waals surface area contributed by atoms with Gasteiger partial charge in [-0.3, -0.25) is 9.36 Å². The van der Waals surface area contributed by atoms with Crippen LogP contribution in [0.1, 0.15) is 17.5 Å². The molecule has 0 bridgehead atoms. The number of carbonyl (C=O) groups is 1. The first-order valence-corrected chi connectivity index (χ1v) is 12.7. The highest BCUT2D eigenvalue weighted by Crippen LogP contribution is 2.26. The van der Waals surface area contributed by atoms with Crippen molar-refractivity contribution in [1.82, 2.24) is 19.7 Å². The number of hydrogen-bond donors (Lipinski definition) is 0. The smallest absolute Gasteiger partial charge is 0.233 e. The van der Waals surface area contributed by atoms with Gasteiger partial charge in [-0.25, -0.2) is 0 Å². The van der Waals surface area contributed by atoms with Gasteiger partial charge in [0.1, 0.15) is 0 Å². The average molecular weight is 476 g/mol. The third kappa shape index (κ3) is 5.34. The normalized spacial score (nSPS) is 16.4. The van der Waals surface area contributed by atoms with E-state index in [2.05, 4.69) is 62.1 Å². The molecule has 3 aromatic rings. The van der Waals surface area contributed by atoms with E-state index >= 15 is 0 Å². The molecule has 3 heterocycles. The molecule has 0 atom stereocenters. The number of aromatic nitrogens is 3. The second kappa shape index (κ2) is 10.9. The lowest BCUT2D eigenvalue weighted by atomic mass is 10.00. The van der Waals surface area contributed by atoms with Gasteiger partial charge < -0.3 is 14.5 Å². The molecule has 2 aromatic carbocycles. The van der Waals surface area contributed by atoms with Crippen LogP contribution in [0.4, 0.5) is 5.95 Å². The van der Waals surface area contributed by atoms with Crippen LogP contribution in [0.5, 0.6) is 0 Å². The molecule has 1 amide bonds. The maximum absolute atomic E-state index is 13.0. The van der Waals surface area contributed by atoms with Gasteiger partial charge in [0, 0.05) is 26.2 Å². The van der Waals surface area contributed by atoms with Crippen molar-refractivity contribution in [2.45, 2.75) is 18.1 Å². The highest BCUT2D eigenvalue weighted by Gasteiger charge is 2.23. The SMILES string of the molecule is O=C(CSc1nnc(N2CCOCC2)n1Cc1ccccc1)N1CC=C(c2ccccc2)CC1. The van der Waals surface area contributed by atoms with E-state index in [1.54, 1.807) is 0 Å². The lowest BCUT2D eigenvalue weighted by molar-refractivity contribution is -0.127. The topological polar surface area (TPSA) is 63.5 Å². The molecule has 1 aromatic heterocycles. The Kier molecular flexibility index (Phi) is 7.26. The average Bonchev–Trinajstić information content (AvgIpc) is 3.31. The fraction of sp³-hybridized carbons (Fsp3) is 0.346. The van der Waals surface area contributed by atoms with Crippen LogP contribution in [0.15, 0.2) is 71.9 Å². The highest BCUT2D eigenvalue weighted by atomic mass is 32.2. The van der Waals surface area contributed by atoms with Crippen molar-refractivity contribution in [2.75, 3.05) is 50.0 Å². The van der Waals surface area contributed by atoms with Crippen molar-refractivity contribution in [3.05, 3.63) is 77.9 Å². The van der Waals surface area contributed by atoms with E-state index in [9.17, 15) is 4.79 Å². The fourth-order valence-electron chi connectivity index (χ4n) is 4.32. The van der Waals surface area contributed by atoms with Crippen LogP contribution in [0.3, 0.4) is 0 Å². The van der Waals surface area contributed by atoms with Gasteiger partial charge in [-0.05, 0) is 23.1 Å². The predicted molar refractivity (Wildman–Crippen MR) is 135 cm³/mol. The van der Waals surface area contributed by atoms with Crippen LogP contribution in [0.2, 0.25) is 0 Å². The van der Waals surface area contributed by atoms with Crippen molar-refractivity contribution in [3.63, 3.8) is 0 Å². The summed E-state index contributed by atoms with van der Waals surface area (Å²) in [6.07, 6.45) is 3.06. The molecule has 0 unspecified atom stereocenters. The van der Waals surface area contributed by atoms with E-state index in [-0.39, 0.29) is 5.91 Å². The quantitative estimate of drug-likeness (QED) is 0.487. The van der Waals surface area contributed by atoms with Crippen LogP contribution >= 0.6 is 11.8 Å². The van der Waals surface area contributed by atoms with Crippen molar-refractivity contribution >= 4 is 29.2 Å². The van der Waals surface area contributed by atoms with E-state index in [0.717, 1.165) is 37.2 Å². The Bertz CT molecular complexity index is 1130. The van der Waals surface area contributed by atoms with Gasteiger partial charge in [0.25, 0.3) is 0 Å². The van der Waals surface area contributed by atoms with Crippen molar-refractivity contribution in [2.24, 2.45) is 0 Å². The summed E-state index contributed by atoms with van der Waals surface area (Å²) in [6, 6.07) is 20.7. The molecule has 8 heteroatoms. The molecular formula is C26H29N5O2S. The number of benzene rings is 2. The monoisotopic (exact) mass is 475 g/mol. The van der Waals surface area contributed by atoms with Gasteiger partial charge in [0.15, 0.2) is 5.16 Å². The number of thioether (sulfide) groups is 1. The summed E-state index contributed by atoms with van der Waals surface area (Å²) in [5, 5.41) is 9.74. The van der Waals surface area contributed by atoms with E-state index in [4.69, 9.17) is 4.74 Å². The molecule has 0 N–H and O–H groups in total. The highest BCUT2D eigenvalue weighted by molar-refractivity contribution is 7.99. The third-order valence-electron chi connectivity index (χ3n) is 6.21. The predicted octanol–water partition coefficient (Wildman–Crippen LogP) is 3.57. The number of nitrogens with zero attached hydrogens (tertiary/aromatic N) is 5. The maximum Gasteiger partial charge on any atom is 0.233 e. The summed E-state index contributed by atoms with van der Waals surface area (Å²) in [5.74, 6) is 1.33. The zero-order chi connectivity index (χ0) is 23.2. The van der Waals surface area contributed by atoms with Crippen LogP contribution in [0.25, 0.3) is 5.57 Å². The fourth-order valence-corrected chi connectivity index (χ4v) is 5.15.